The largest absolute Gasteiger partial charge is 0.493 e. The molecule has 0 spiro atoms. The van der Waals surface area contributed by atoms with Crippen LogP contribution in [0, 0.1) is 5.92 Å². The number of ether oxygens (including phenoxy) is 1. The number of aromatic nitrogens is 2. The van der Waals surface area contributed by atoms with Gasteiger partial charge in [-0.3, -0.25) is 4.68 Å². The Morgan fingerprint density at radius 3 is 2.47 bits per heavy atom. The number of nitrogens with zero attached hydrogens (tertiary/aromatic N) is 3. The van der Waals surface area contributed by atoms with Crippen molar-refractivity contribution >= 4 is 0 Å². The van der Waals surface area contributed by atoms with Gasteiger partial charge in [-0.05, 0) is 20.0 Å². The minimum absolute atomic E-state index is 0.240. The molecule has 0 aliphatic heterocycles. The topological polar surface area (TPSA) is 50.5 Å². The van der Waals surface area contributed by atoms with Gasteiger partial charge in [0.25, 0.3) is 0 Å². The summed E-state index contributed by atoms with van der Waals surface area (Å²) < 4.78 is 7.20. The quantitative estimate of drug-likeness (QED) is 0.783. The van der Waals surface area contributed by atoms with Crippen LogP contribution in [0.3, 0.4) is 0 Å². The second-order valence-electron chi connectivity index (χ2n) is 5.15. The Hall–Kier alpha value is -1.07. The van der Waals surface area contributed by atoms with E-state index in [1.807, 2.05) is 18.8 Å². The molecule has 0 aliphatic rings. The van der Waals surface area contributed by atoms with Crippen molar-refractivity contribution in [3.63, 3.8) is 0 Å². The smallest absolute Gasteiger partial charge is 0.162 e. The summed E-state index contributed by atoms with van der Waals surface area (Å²) in [6.07, 6.45) is 3.06. The van der Waals surface area contributed by atoms with Gasteiger partial charge < -0.3 is 14.7 Å². The molecule has 0 bridgehead atoms. The van der Waals surface area contributed by atoms with Crippen LogP contribution < -0.4 is 4.74 Å². The van der Waals surface area contributed by atoms with Crippen LogP contribution in [-0.2, 0) is 6.54 Å². The summed E-state index contributed by atoms with van der Waals surface area (Å²) in [5, 5.41) is 14.9. The Kier molecular flexibility index (Phi) is 6.31. The number of methoxy groups -OCH3 is 1. The first-order valence-corrected chi connectivity index (χ1v) is 6.97. The lowest BCUT2D eigenvalue weighted by molar-refractivity contribution is 0.0907. The van der Waals surface area contributed by atoms with Crippen LogP contribution in [0.25, 0.3) is 0 Å². The molecule has 0 saturated carbocycles. The number of hydrogen-bond acceptors (Lipinski definition) is 4. The predicted molar refractivity (Wildman–Crippen MR) is 76.4 cm³/mol. The van der Waals surface area contributed by atoms with E-state index >= 15 is 0 Å². The average molecular weight is 269 g/mol. The number of aliphatic hydroxyl groups is 1. The van der Waals surface area contributed by atoms with E-state index in [0.717, 1.165) is 31.6 Å². The maximum absolute atomic E-state index is 10.6. The fourth-order valence-electron chi connectivity index (χ4n) is 2.26. The van der Waals surface area contributed by atoms with Gasteiger partial charge in [0.15, 0.2) is 5.75 Å². The van der Waals surface area contributed by atoms with E-state index < -0.39 is 6.10 Å². The zero-order valence-corrected chi connectivity index (χ0v) is 12.8. The van der Waals surface area contributed by atoms with Gasteiger partial charge in [-0.2, -0.15) is 5.10 Å². The number of hydrogen-bond donors (Lipinski definition) is 1. The zero-order valence-electron chi connectivity index (χ0n) is 12.8. The molecule has 1 N–H and O–H groups in total. The third-order valence-electron chi connectivity index (χ3n) is 3.60. The number of aliphatic hydroxyl groups excluding tert-OH is 1. The Morgan fingerprint density at radius 1 is 1.37 bits per heavy atom. The van der Waals surface area contributed by atoms with Gasteiger partial charge in [-0.1, -0.05) is 26.7 Å². The standard InChI is InChI=1S/C14H27N3O2/c1-6-11(7-2)14(18)13-12(19-5)10-15-17(13)9-8-16(3)4/h10-11,14,18H,6-9H2,1-5H3. The van der Waals surface area contributed by atoms with Crippen molar-refractivity contribution < 1.29 is 9.84 Å². The molecule has 1 heterocycles. The number of rotatable bonds is 8. The summed E-state index contributed by atoms with van der Waals surface area (Å²) in [6.45, 7) is 5.84. The van der Waals surface area contributed by atoms with E-state index in [2.05, 4.69) is 23.8 Å². The SMILES string of the molecule is CCC(CC)C(O)c1c(OC)cnn1CCN(C)C. The van der Waals surface area contributed by atoms with Crippen LogP contribution in [0.2, 0.25) is 0 Å². The van der Waals surface area contributed by atoms with Gasteiger partial charge in [0.1, 0.15) is 11.8 Å². The zero-order chi connectivity index (χ0) is 14.4. The van der Waals surface area contributed by atoms with Crippen molar-refractivity contribution in [3.05, 3.63) is 11.9 Å². The van der Waals surface area contributed by atoms with Crippen molar-refractivity contribution in [2.24, 2.45) is 5.92 Å². The fraction of sp³-hybridized carbons (Fsp3) is 0.786. The van der Waals surface area contributed by atoms with Gasteiger partial charge >= 0.3 is 0 Å². The van der Waals surface area contributed by atoms with E-state index in [1.54, 1.807) is 13.3 Å². The fourth-order valence-corrected chi connectivity index (χ4v) is 2.26. The molecular formula is C14H27N3O2. The Balaban J connectivity index is 2.97. The molecule has 110 valence electrons. The van der Waals surface area contributed by atoms with Crippen LogP contribution in [0.15, 0.2) is 6.20 Å². The lowest BCUT2D eigenvalue weighted by Gasteiger charge is -2.22. The van der Waals surface area contributed by atoms with Crippen molar-refractivity contribution in [2.75, 3.05) is 27.7 Å². The summed E-state index contributed by atoms with van der Waals surface area (Å²) in [5.74, 6) is 0.918. The maximum Gasteiger partial charge on any atom is 0.162 e. The molecule has 0 radical (unpaired) electrons. The highest BCUT2D eigenvalue weighted by Crippen LogP contribution is 2.33. The summed E-state index contributed by atoms with van der Waals surface area (Å²) in [6, 6.07) is 0. The third kappa shape index (κ3) is 3.94. The third-order valence-corrected chi connectivity index (χ3v) is 3.60. The second-order valence-corrected chi connectivity index (χ2v) is 5.15. The van der Waals surface area contributed by atoms with Gasteiger partial charge in [-0.25, -0.2) is 0 Å². The molecule has 0 aliphatic carbocycles. The van der Waals surface area contributed by atoms with Gasteiger partial charge in [0.2, 0.25) is 0 Å². The summed E-state index contributed by atoms with van der Waals surface area (Å²) >= 11 is 0. The average Bonchev–Trinajstić information content (AvgIpc) is 2.80. The molecule has 0 amide bonds. The van der Waals surface area contributed by atoms with Crippen molar-refractivity contribution in [1.82, 2.24) is 14.7 Å². The molecule has 19 heavy (non-hydrogen) atoms. The Labute approximate surface area is 116 Å². The van der Waals surface area contributed by atoms with Crippen molar-refractivity contribution in [2.45, 2.75) is 39.3 Å². The van der Waals surface area contributed by atoms with Crippen molar-refractivity contribution in [3.8, 4) is 5.75 Å². The lowest BCUT2D eigenvalue weighted by Crippen LogP contribution is -2.23. The van der Waals surface area contributed by atoms with Crippen LogP contribution in [-0.4, -0.2) is 47.5 Å². The molecule has 1 aromatic heterocycles. The predicted octanol–water partition coefficient (Wildman–Crippen LogP) is 1.92. The van der Waals surface area contributed by atoms with Crippen molar-refractivity contribution in [1.29, 1.82) is 0 Å². The van der Waals surface area contributed by atoms with Gasteiger partial charge in [0, 0.05) is 6.54 Å². The lowest BCUT2D eigenvalue weighted by atomic mass is 9.94. The minimum Gasteiger partial charge on any atom is -0.493 e. The summed E-state index contributed by atoms with van der Waals surface area (Å²) in [7, 11) is 5.67. The van der Waals surface area contributed by atoms with E-state index in [4.69, 9.17) is 4.74 Å². The van der Waals surface area contributed by atoms with E-state index in [-0.39, 0.29) is 5.92 Å². The summed E-state index contributed by atoms with van der Waals surface area (Å²) in [5.41, 5.74) is 0.804. The molecule has 1 rings (SSSR count). The Bertz CT molecular complexity index is 373. The van der Waals surface area contributed by atoms with Gasteiger partial charge in [-0.15, -0.1) is 0 Å². The first kappa shape index (κ1) is 16.0. The van der Waals surface area contributed by atoms with Crippen LogP contribution >= 0.6 is 0 Å². The molecule has 5 nitrogen and oxygen atoms in total. The monoisotopic (exact) mass is 269 g/mol. The molecule has 1 atom stereocenters. The second kappa shape index (κ2) is 7.50. The van der Waals surface area contributed by atoms with Gasteiger partial charge in [0.05, 0.1) is 19.9 Å². The normalized spacial score (nSPS) is 13.3. The first-order chi connectivity index (χ1) is 9.04. The molecule has 5 heteroatoms. The van der Waals surface area contributed by atoms with Crippen LogP contribution in [0.5, 0.6) is 5.75 Å². The van der Waals surface area contributed by atoms with Crippen LogP contribution in [0.4, 0.5) is 0 Å². The first-order valence-electron chi connectivity index (χ1n) is 6.97. The molecule has 0 saturated heterocycles. The van der Waals surface area contributed by atoms with E-state index in [0.29, 0.717) is 5.75 Å². The summed E-state index contributed by atoms with van der Waals surface area (Å²) in [4.78, 5) is 2.10. The Morgan fingerprint density at radius 2 is 2.00 bits per heavy atom. The molecule has 0 fully saturated rings. The van der Waals surface area contributed by atoms with Crippen LogP contribution in [0.1, 0.15) is 38.5 Å². The maximum atomic E-state index is 10.6. The molecule has 1 aromatic rings. The highest BCUT2D eigenvalue weighted by molar-refractivity contribution is 5.27. The van der Waals surface area contributed by atoms with E-state index in [9.17, 15) is 5.11 Å². The molecule has 0 aromatic carbocycles. The highest BCUT2D eigenvalue weighted by Gasteiger charge is 2.25. The highest BCUT2D eigenvalue weighted by atomic mass is 16.5. The molecule has 1 unspecified atom stereocenters. The minimum atomic E-state index is -0.519. The number of likely N-dealkylation sites (N-methyl/N-ethyl adjacent to an activating group) is 1. The van der Waals surface area contributed by atoms with E-state index in [1.165, 1.54) is 0 Å². The molecular weight excluding hydrogens is 242 g/mol.